The van der Waals surface area contributed by atoms with Gasteiger partial charge >= 0.3 is 0 Å². The van der Waals surface area contributed by atoms with E-state index >= 15 is 0 Å². The summed E-state index contributed by atoms with van der Waals surface area (Å²) in [4.78, 5) is 0.737. The summed E-state index contributed by atoms with van der Waals surface area (Å²) in [5.74, 6) is 0.249. The Morgan fingerprint density at radius 2 is 1.80 bits per heavy atom. The van der Waals surface area contributed by atoms with E-state index in [2.05, 4.69) is 39.5 Å². The third kappa shape index (κ3) is 4.50. The minimum atomic E-state index is 0.249. The van der Waals surface area contributed by atoms with Gasteiger partial charge < -0.3 is 0 Å². The van der Waals surface area contributed by atoms with Crippen LogP contribution in [0, 0.1) is 0 Å². The first-order chi connectivity index (χ1) is 11.9. The number of hydrogen-bond acceptors (Lipinski definition) is 6. The first kappa shape index (κ1) is 18.6. The van der Waals surface area contributed by atoms with E-state index in [1.54, 1.807) is 0 Å². The van der Waals surface area contributed by atoms with Crippen molar-refractivity contribution < 1.29 is 0 Å². The Morgan fingerprint density at radius 3 is 2.40 bits per heavy atom. The van der Waals surface area contributed by atoms with E-state index in [9.17, 15) is 0 Å². The molecule has 0 bridgehead atoms. The maximum atomic E-state index is 6.44. The molecule has 0 amide bonds. The van der Waals surface area contributed by atoms with Crippen molar-refractivity contribution in [2.75, 3.05) is 6.54 Å². The van der Waals surface area contributed by atoms with Crippen LogP contribution in [0.5, 0.6) is 0 Å². The molecule has 5 nitrogen and oxygen atoms in total. The second-order valence-electron chi connectivity index (χ2n) is 5.81. The lowest BCUT2D eigenvalue weighted by molar-refractivity contribution is 0.815. The van der Waals surface area contributed by atoms with Gasteiger partial charge in [-0.2, -0.15) is 5.11 Å². The summed E-state index contributed by atoms with van der Waals surface area (Å²) in [6, 6.07) is 5.67. The van der Waals surface area contributed by atoms with Crippen LogP contribution < -0.4 is 0 Å². The van der Waals surface area contributed by atoms with Crippen LogP contribution in [0.2, 0.25) is 15.2 Å². The molecule has 1 aromatic heterocycles. The van der Waals surface area contributed by atoms with Crippen molar-refractivity contribution in [3.8, 4) is 0 Å². The van der Waals surface area contributed by atoms with E-state index in [1.165, 1.54) is 11.8 Å². The molecule has 1 aromatic carbocycles. The van der Waals surface area contributed by atoms with Crippen LogP contribution in [0.4, 0.5) is 0 Å². The number of hydrogen-bond donors (Lipinski definition) is 0. The van der Waals surface area contributed by atoms with Crippen molar-refractivity contribution in [2.45, 2.75) is 36.1 Å². The Bertz CT molecular complexity index is 844. The molecular formula is C16H14Cl3N5S. The van der Waals surface area contributed by atoms with Gasteiger partial charge in [-0.3, -0.25) is 0 Å². The SMILES string of the molecule is CC(C)c1cc(Sc2c(Cl)cc(CC3=NN=NC3)cc2Cl)nnc1Cl. The molecule has 0 fully saturated rings. The number of benzene rings is 1. The number of halogens is 3. The van der Waals surface area contributed by atoms with E-state index in [0.29, 0.717) is 33.2 Å². The zero-order valence-corrected chi connectivity index (χ0v) is 16.6. The van der Waals surface area contributed by atoms with Crippen molar-refractivity contribution in [1.82, 2.24) is 10.2 Å². The van der Waals surface area contributed by atoms with Crippen molar-refractivity contribution in [1.29, 1.82) is 0 Å². The largest absolute Gasteiger partial charge is 0.163 e. The van der Waals surface area contributed by atoms with Gasteiger partial charge in [-0.15, -0.1) is 15.3 Å². The van der Waals surface area contributed by atoms with E-state index in [-0.39, 0.29) is 5.92 Å². The van der Waals surface area contributed by atoms with Gasteiger partial charge in [0.05, 0.1) is 20.7 Å². The standard InChI is InChI=1S/C16H14Cl3N5S/c1-8(2)11-6-14(22-23-16(11)19)25-15-12(17)4-9(5-13(15)18)3-10-7-20-24-21-10/h4-6,8H,3,7H2,1-2H3. The van der Waals surface area contributed by atoms with Gasteiger partial charge in [0.2, 0.25) is 0 Å². The molecule has 0 saturated heterocycles. The molecule has 0 saturated carbocycles. The first-order valence-corrected chi connectivity index (χ1v) is 9.50. The Kier molecular flexibility index (Phi) is 5.94. The Morgan fingerprint density at radius 1 is 1.08 bits per heavy atom. The van der Waals surface area contributed by atoms with Gasteiger partial charge in [-0.05, 0) is 40.5 Å². The lowest BCUT2D eigenvalue weighted by Gasteiger charge is -2.11. The molecule has 0 aliphatic carbocycles. The summed E-state index contributed by atoms with van der Waals surface area (Å²) >= 11 is 20.3. The van der Waals surface area contributed by atoms with Crippen LogP contribution in [-0.4, -0.2) is 22.5 Å². The van der Waals surface area contributed by atoms with Crippen molar-refractivity contribution >= 4 is 52.3 Å². The van der Waals surface area contributed by atoms with Gasteiger partial charge in [0.15, 0.2) is 5.15 Å². The third-order valence-electron chi connectivity index (χ3n) is 3.55. The molecule has 1 aliphatic rings. The Labute approximate surface area is 164 Å². The number of aromatic nitrogens is 2. The Balaban J connectivity index is 1.84. The van der Waals surface area contributed by atoms with Gasteiger partial charge in [-0.25, -0.2) is 0 Å². The number of nitrogens with zero attached hydrogens (tertiary/aromatic N) is 5. The molecular weight excluding hydrogens is 401 g/mol. The molecule has 0 radical (unpaired) electrons. The van der Waals surface area contributed by atoms with Crippen LogP contribution >= 0.6 is 46.6 Å². The topological polar surface area (TPSA) is 62.9 Å². The van der Waals surface area contributed by atoms with Gasteiger partial charge in [-0.1, -0.05) is 60.4 Å². The van der Waals surface area contributed by atoms with Crippen LogP contribution in [0.1, 0.15) is 30.9 Å². The minimum Gasteiger partial charge on any atom is -0.163 e. The third-order valence-corrected chi connectivity index (χ3v) is 5.72. The Hall–Kier alpha value is -1.21. The average molecular weight is 415 g/mol. The smallest absolute Gasteiger partial charge is 0.155 e. The lowest BCUT2D eigenvalue weighted by atomic mass is 10.1. The maximum absolute atomic E-state index is 6.44. The molecule has 2 aromatic rings. The molecule has 0 atom stereocenters. The summed E-state index contributed by atoms with van der Waals surface area (Å²) in [5, 5.41) is 21.8. The highest BCUT2D eigenvalue weighted by Gasteiger charge is 2.15. The summed E-state index contributed by atoms with van der Waals surface area (Å²) in [6.45, 7) is 4.62. The molecule has 0 spiro atoms. The summed E-state index contributed by atoms with van der Waals surface area (Å²) in [7, 11) is 0. The normalized spacial score (nSPS) is 13.6. The molecule has 0 unspecified atom stereocenters. The molecule has 3 rings (SSSR count). The molecule has 1 aliphatic heterocycles. The number of rotatable bonds is 5. The lowest BCUT2D eigenvalue weighted by Crippen LogP contribution is -2.04. The van der Waals surface area contributed by atoms with E-state index in [4.69, 9.17) is 34.8 Å². The molecule has 0 N–H and O–H groups in total. The maximum Gasteiger partial charge on any atom is 0.155 e. The fraction of sp³-hybridized carbons (Fsp3) is 0.312. The summed E-state index contributed by atoms with van der Waals surface area (Å²) in [6.07, 6.45) is 0.621. The molecule has 2 heterocycles. The highest BCUT2D eigenvalue weighted by Crippen LogP contribution is 2.39. The highest BCUT2D eigenvalue weighted by molar-refractivity contribution is 7.99. The molecule has 9 heteroatoms. The van der Waals surface area contributed by atoms with E-state index in [1.807, 2.05) is 18.2 Å². The molecule has 130 valence electrons. The van der Waals surface area contributed by atoms with Crippen LogP contribution in [-0.2, 0) is 6.42 Å². The average Bonchev–Trinajstić information content (AvgIpc) is 3.05. The minimum absolute atomic E-state index is 0.249. The van der Waals surface area contributed by atoms with Crippen LogP contribution in [0.25, 0.3) is 0 Å². The van der Waals surface area contributed by atoms with Gasteiger partial charge in [0, 0.05) is 6.42 Å². The zero-order chi connectivity index (χ0) is 18.0. The second kappa shape index (κ2) is 7.99. The predicted molar refractivity (Wildman–Crippen MR) is 103 cm³/mol. The second-order valence-corrected chi connectivity index (χ2v) is 8.01. The van der Waals surface area contributed by atoms with E-state index in [0.717, 1.165) is 21.7 Å². The van der Waals surface area contributed by atoms with Crippen LogP contribution in [0.15, 0.2) is 43.6 Å². The summed E-state index contributed by atoms with van der Waals surface area (Å²) < 4.78 is 0. The van der Waals surface area contributed by atoms with Crippen molar-refractivity contribution in [3.63, 3.8) is 0 Å². The van der Waals surface area contributed by atoms with Crippen LogP contribution in [0.3, 0.4) is 0 Å². The monoisotopic (exact) mass is 413 g/mol. The zero-order valence-electron chi connectivity index (χ0n) is 13.5. The van der Waals surface area contributed by atoms with Crippen molar-refractivity contribution in [3.05, 3.63) is 44.5 Å². The molecule has 25 heavy (non-hydrogen) atoms. The van der Waals surface area contributed by atoms with Gasteiger partial charge in [0.25, 0.3) is 0 Å². The van der Waals surface area contributed by atoms with Gasteiger partial charge in [0.1, 0.15) is 11.6 Å². The highest BCUT2D eigenvalue weighted by atomic mass is 35.5. The first-order valence-electron chi connectivity index (χ1n) is 7.55. The fourth-order valence-electron chi connectivity index (χ4n) is 2.31. The predicted octanol–water partition coefficient (Wildman–Crippen LogP) is 6.08. The van der Waals surface area contributed by atoms with Crippen molar-refractivity contribution in [2.24, 2.45) is 15.4 Å². The summed E-state index contributed by atoms with van der Waals surface area (Å²) in [5.41, 5.74) is 2.79. The quantitative estimate of drug-likeness (QED) is 0.596. The van der Waals surface area contributed by atoms with E-state index < -0.39 is 0 Å². The fourth-order valence-corrected chi connectivity index (χ4v) is 4.17.